The Morgan fingerprint density at radius 3 is 2.22 bits per heavy atom. The summed E-state index contributed by atoms with van der Waals surface area (Å²) < 4.78 is 11.3. The van der Waals surface area contributed by atoms with Crippen molar-refractivity contribution >= 4 is 18.0 Å². The molecule has 10 heteroatoms. The third kappa shape index (κ3) is 10.4. The van der Waals surface area contributed by atoms with Gasteiger partial charge in [0.15, 0.2) is 5.82 Å². The van der Waals surface area contributed by atoms with Crippen LogP contribution in [-0.4, -0.2) is 63.7 Å². The minimum atomic E-state index is -0.931. The summed E-state index contributed by atoms with van der Waals surface area (Å²) in [6.45, 7) is 3.42. The van der Waals surface area contributed by atoms with Gasteiger partial charge in [0.25, 0.3) is 0 Å². The van der Waals surface area contributed by atoms with Crippen molar-refractivity contribution in [1.82, 2.24) is 20.2 Å². The van der Waals surface area contributed by atoms with Crippen LogP contribution in [0.1, 0.15) is 56.6 Å². The fraction of sp³-hybridized carbons (Fsp3) is 0.359. The largest absolute Gasteiger partial charge is 0.494 e. The monoisotopic (exact) mass is 664 g/mol. The number of carbonyl (C=O) groups is 3. The van der Waals surface area contributed by atoms with E-state index in [0.29, 0.717) is 18.8 Å². The zero-order valence-corrected chi connectivity index (χ0v) is 27.9. The molecule has 2 N–H and O–H groups in total. The number of hydrogen-bond acceptors (Lipinski definition) is 7. The number of nitrogens with one attached hydrogen (secondary N) is 1. The number of hydrogen-bond donors (Lipinski definition) is 2. The highest BCUT2D eigenvalue weighted by Crippen LogP contribution is 2.24. The number of carboxylic acid groups (broad SMARTS) is 1. The van der Waals surface area contributed by atoms with Crippen molar-refractivity contribution in [2.45, 2.75) is 64.5 Å². The second-order valence-corrected chi connectivity index (χ2v) is 12.4. The van der Waals surface area contributed by atoms with E-state index < -0.39 is 24.0 Å². The van der Waals surface area contributed by atoms with E-state index in [0.717, 1.165) is 46.6 Å². The molecule has 2 atom stereocenters. The molecule has 2 amide bonds. The van der Waals surface area contributed by atoms with E-state index in [1.807, 2.05) is 78.9 Å². The van der Waals surface area contributed by atoms with Crippen molar-refractivity contribution in [3.05, 3.63) is 102 Å². The second-order valence-electron chi connectivity index (χ2n) is 12.4. The van der Waals surface area contributed by atoms with Crippen LogP contribution in [0.4, 0.5) is 4.79 Å². The first kappa shape index (κ1) is 35.1. The number of alkyl carbamates (subject to hydrolysis) is 1. The first-order valence-corrected chi connectivity index (χ1v) is 17.0. The van der Waals surface area contributed by atoms with Gasteiger partial charge in [-0.2, -0.15) is 0 Å². The van der Waals surface area contributed by atoms with Gasteiger partial charge in [0.05, 0.1) is 12.5 Å². The predicted molar refractivity (Wildman–Crippen MR) is 187 cm³/mol. The molecule has 4 aromatic rings. The molecule has 10 nitrogen and oxygen atoms in total. The first-order valence-electron chi connectivity index (χ1n) is 17.0. The lowest BCUT2D eigenvalue weighted by molar-refractivity contribution is -0.141. The Kier molecular flexibility index (Phi) is 12.7. The van der Waals surface area contributed by atoms with E-state index >= 15 is 0 Å². The van der Waals surface area contributed by atoms with Crippen LogP contribution >= 0.6 is 0 Å². The van der Waals surface area contributed by atoms with E-state index in [1.54, 1.807) is 12.4 Å². The molecule has 5 rings (SSSR count). The molecule has 1 aliphatic rings. The van der Waals surface area contributed by atoms with Crippen LogP contribution in [0.3, 0.4) is 0 Å². The molecule has 0 aliphatic carbocycles. The first-order chi connectivity index (χ1) is 23.9. The summed E-state index contributed by atoms with van der Waals surface area (Å²) in [5.74, 6) is -0.483. The Labute approximate surface area is 287 Å². The molecular formula is C39H44N4O6. The summed E-state index contributed by atoms with van der Waals surface area (Å²) >= 11 is 0. The van der Waals surface area contributed by atoms with Gasteiger partial charge in [-0.1, -0.05) is 99.3 Å². The maximum absolute atomic E-state index is 13.5. The van der Waals surface area contributed by atoms with E-state index in [4.69, 9.17) is 9.47 Å². The van der Waals surface area contributed by atoms with E-state index in [-0.39, 0.29) is 25.5 Å². The molecule has 256 valence electrons. The summed E-state index contributed by atoms with van der Waals surface area (Å²) in [5, 5.41) is 12.1. The molecule has 0 spiro atoms. The van der Waals surface area contributed by atoms with Crippen LogP contribution < -0.4 is 10.1 Å². The third-order valence-corrected chi connectivity index (χ3v) is 8.66. The van der Waals surface area contributed by atoms with Crippen molar-refractivity contribution < 1.29 is 29.0 Å². The van der Waals surface area contributed by atoms with Gasteiger partial charge in [-0.3, -0.25) is 9.59 Å². The Morgan fingerprint density at radius 1 is 0.857 bits per heavy atom. The summed E-state index contributed by atoms with van der Waals surface area (Å²) in [6.07, 6.45) is 9.45. The second kappa shape index (κ2) is 17.8. The zero-order valence-electron chi connectivity index (χ0n) is 27.9. The lowest BCUT2D eigenvalue weighted by Crippen LogP contribution is -2.49. The molecule has 1 fully saturated rings. The number of rotatable bonds is 16. The van der Waals surface area contributed by atoms with Crippen molar-refractivity contribution in [3.8, 4) is 28.3 Å². The third-order valence-electron chi connectivity index (χ3n) is 8.66. The zero-order chi connectivity index (χ0) is 34.4. The number of ether oxygens (including phenoxy) is 2. The van der Waals surface area contributed by atoms with Crippen LogP contribution in [0, 0.1) is 5.92 Å². The normalized spacial score (nSPS) is 14.6. The van der Waals surface area contributed by atoms with Gasteiger partial charge in [-0.25, -0.2) is 14.8 Å². The van der Waals surface area contributed by atoms with Crippen molar-refractivity contribution in [3.63, 3.8) is 0 Å². The average Bonchev–Trinajstić information content (AvgIpc) is 3.64. The van der Waals surface area contributed by atoms with Gasteiger partial charge in [-0.15, -0.1) is 0 Å². The average molecular weight is 665 g/mol. The fourth-order valence-electron chi connectivity index (χ4n) is 5.78. The summed E-state index contributed by atoms with van der Waals surface area (Å²) in [6, 6.07) is 23.8. The molecule has 1 aliphatic heterocycles. The molecule has 0 saturated carbocycles. The maximum atomic E-state index is 13.5. The van der Waals surface area contributed by atoms with Crippen molar-refractivity contribution in [2.24, 2.45) is 5.92 Å². The van der Waals surface area contributed by atoms with Gasteiger partial charge in [0, 0.05) is 43.0 Å². The van der Waals surface area contributed by atoms with E-state index in [9.17, 15) is 19.5 Å². The number of benzene rings is 3. The van der Waals surface area contributed by atoms with E-state index in [2.05, 4.69) is 22.2 Å². The highest BCUT2D eigenvalue weighted by molar-refractivity contribution is 5.87. The minimum absolute atomic E-state index is 0.0604. The molecule has 0 radical (unpaired) electrons. The number of amides is 2. The van der Waals surface area contributed by atoms with Gasteiger partial charge in [0.1, 0.15) is 18.4 Å². The lowest BCUT2D eigenvalue weighted by atomic mass is 10.0. The number of carboxylic acids is 1. The molecular weight excluding hydrogens is 620 g/mol. The topological polar surface area (TPSA) is 131 Å². The molecule has 2 heterocycles. The quantitative estimate of drug-likeness (QED) is 0.123. The SMILES string of the molecule is CCCCCCCOc1ccc(-c2cnc(-c3ccc(C[C@H](NC(=O)OCc4ccccc4)C(=O)N4CC[C@H](C(=O)O)C4)cc3)nc2)cc1. The van der Waals surface area contributed by atoms with E-state index in [1.165, 1.54) is 30.6 Å². The number of aliphatic carboxylic acids is 1. The molecule has 0 unspecified atom stereocenters. The van der Waals surface area contributed by atoms with Gasteiger partial charge in [-0.05, 0) is 41.7 Å². The summed E-state index contributed by atoms with van der Waals surface area (Å²) in [4.78, 5) is 48.4. The standard InChI is InChI=1S/C39H44N4O6/c1-2-3-4-5-9-22-48-34-18-16-30(17-19-34)33-24-40-36(41-25-33)31-14-12-28(13-15-31)23-35(37(44)43-21-20-32(26-43)38(45)46)42-39(47)49-27-29-10-7-6-8-11-29/h6-8,10-19,24-25,32,35H,2-5,9,20-23,26-27H2,1H3,(H,42,47)(H,45,46)/t32-,35-/m0/s1. The maximum Gasteiger partial charge on any atom is 0.408 e. The lowest BCUT2D eigenvalue weighted by Gasteiger charge is -2.24. The Hall–Kier alpha value is -5.25. The van der Waals surface area contributed by atoms with Crippen LogP contribution in [0.2, 0.25) is 0 Å². The summed E-state index contributed by atoms with van der Waals surface area (Å²) in [5.41, 5.74) is 4.32. The summed E-state index contributed by atoms with van der Waals surface area (Å²) in [7, 11) is 0. The molecule has 3 aromatic carbocycles. The van der Waals surface area contributed by atoms with Crippen molar-refractivity contribution in [1.29, 1.82) is 0 Å². The number of nitrogens with zero attached hydrogens (tertiary/aromatic N) is 3. The van der Waals surface area contributed by atoms with Crippen LogP contribution in [-0.2, 0) is 27.4 Å². The fourth-order valence-corrected chi connectivity index (χ4v) is 5.78. The van der Waals surface area contributed by atoms with Crippen LogP contribution in [0.15, 0.2) is 91.3 Å². The highest BCUT2D eigenvalue weighted by Gasteiger charge is 2.35. The Morgan fingerprint density at radius 2 is 1.55 bits per heavy atom. The predicted octanol–water partition coefficient (Wildman–Crippen LogP) is 6.93. The Bertz CT molecular complexity index is 1650. The van der Waals surface area contributed by atoms with Gasteiger partial charge in [0.2, 0.25) is 5.91 Å². The van der Waals surface area contributed by atoms with Crippen LogP contribution in [0.25, 0.3) is 22.5 Å². The molecule has 1 aromatic heterocycles. The van der Waals surface area contributed by atoms with Gasteiger partial charge >= 0.3 is 12.1 Å². The minimum Gasteiger partial charge on any atom is -0.494 e. The van der Waals surface area contributed by atoms with Gasteiger partial charge < -0.3 is 24.8 Å². The van der Waals surface area contributed by atoms with Crippen LogP contribution in [0.5, 0.6) is 5.75 Å². The van der Waals surface area contributed by atoms with Crippen molar-refractivity contribution in [2.75, 3.05) is 19.7 Å². The smallest absolute Gasteiger partial charge is 0.408 e. The molecule has 49 heavy (non-hydrogen) atoms. The number of unbranched alkanes of at least 4 members (excludes halogenated alkanes) is 4. The highest BCUT2D eigenvalue weighted by atomic mass is 16.5. The number of carbonyl (C=O) groups excluding carboxylic acids is 2. The molecule has 0 bridgehead atoms. The molecule has 1 saturated heterocycles. The number of aromatic nitrogens is 2. The Balaban J connectivity index is 1.19. The number of likely N-dealkylation sites (tertiary alicyclic amines) is 1.